The third kappa shape index (κ3) is 4.27. The van der Waals surface area contributed by atoms with Crippen LogP contribution in [0.1, 0.15) is 18.2 Å². The normalized spacial score (nSPS) is 13.2. The van der Waals surface area contributed by atoms with E-state index in [1.54, 1.807) is 34.4 Å². The summed E-state index contributed by atoms with van der Waals surface area (Å²) in [6.45, 7) is 2.28. The fourth-order valence-corrected chi connectivity index (χ4v) is 4.50. The Labute approximate surface area is 191 Å². The van der Waals surface area contributed by atoms with E-state index in [0.29, 0.717) is 29.1 Å². The molecule has 12 heteroatoms. The lowest BCUT2D eigenvalue weighted by Gasteiger charge is -2.17. The molecule has 1 atom stereocenters. The Morgan fingerprint density at radius 2 is 1.91 bits per heavy atom. The predicted octanol–water partition coefficient (Wildman–Crippen LogP) is 4.83. The Bertz CT molecular complexity index is 1530. The van der Waals surface area contributed by atoms with Gasteiger partial charge in [-0.05, 0) is 55.8 Å². The van der Waals surface area contributed by atoms with E-state index in [0.717, 1.165) is 12.3 Å². The molecule has 0 amide bonds. The lowest BCUT2D eigenvalue weighted by Crippen LogP contribution is -2.42. The molecule has 0 saturated heterocycles. The minimum atomic E-state index is -4.75. The van der Waals surface area contributed by atoms with Crippen molar-refractivity contribution in [2.75, 3.05) is 0 Å². The standard InChI is InChI=1S/C22H16F4N4O3S/c1-12-7-19-14(8-17(12)23)9-20(30(19)21-6-3-15(10-27)33-21)18-5-4-16(11-28-18)34(31,32)29-13(2)22(24,25)26/h3-9,11,13,29H,1-2H3. The molecule has 0 spiro atoms. The fourth-order valence-electron chi connectivity index (χ4n) is 3.32. The highest BCUT2D eigenvalue weighted by Gasteiger charge is 2.39. The Hall–Kier alpha value is -3.69. The molecule has 4 aromatic rings. The zero-order valence-electron chi connectivity index (χ0n) is 17.7. The summed E-state index contributed by atoms with van der Waals surface area (Å²) in [6, 6.07) is 9.53. The average molecular weight is 492 g/mol. The number of aryl methyl sites for hydroxylation is 1. The average Bonchev–Trinajstić information content (AvgIpc) is 3.37. The lowest BCUT2D eigenvalue weighted by molar-refractivity contribution is -0.147. The van der Waals surface area contributed by atoms with Gasteiger partial charge in [-0.25, -0.2) is 12.8 Å². The molecule has 0 aliphatic rings. The number of nitrogens with one attached hydrogen (secondary N) is 1. The van der Waals surface area contributed by atoms with Gasteiger partial charge in [-0.2, -0.15) is 23.2 Å². The molecule has 0 radical (unpaired) electrons. The second kappa shape index (κ2) is 8.27. The van der Waals surface area contributed by atoms with Crippen molar-refractivity contribution in [3.8, 4) is 23.3 Å². The van der Waals surface area contributed by atoms with Gasteiger partial charge in [-0.3, -0.25) is 9.55 Å². The van der Waals surface area contributed by atoms with Gasteiger partial charge in [0.15, 0.2) is 0 Å². The number of pyridine rings is 1. The molecule has 4 rings (SSSR count). The number of benzene rings is 1. The summed E-state index contributed by atoms with van der Waals surface area (Å²) in [7, 11) is -4.48. The van der Waals surface area contributed by atoms with Crippen molar-refractivity contribution in [1.29, 1.82) is 5.26 Å². The molecule has 176 valence electrons. The molecule has 0 bridgehead atoms. The molecular weight excluding hydrogens is 476 g/mol. The highest BCUT2D eigenvalue weighted by atomic mass is 32.2. The minimum absolute atomic E-state index is 0.0425. The van der Waals surface area contributed by atoms with Crippen LogP contribution in [0.25, 0.3) is 28.2 Å². The topological polar surface area (TPSA) is 101 Å². The molecule has 0 fully saturated rings. The summed E-state index contributed by atoms with van der Waals surface area (Å²) in [5.74, 6) is -0.153. The van der Waals surface area contributed by atoms with Crippen LogP contribution in [-0.2, 0) is 10.0 Å². The van der Waals surface area contributed by atoms with Crippen LogP contribution in [0.3, 0.4) is 0 Å². The van der Waals surface area contributed by atoms with Crippen LogP contribution in [0, 0.1) is 24.1 Å². The first kappa shape index (κ1) is 23.5. The van der Waals surface area contributed by atoms with Crippen molar-refractivity contribution in [3.05, 3.63) is 65.8 Å². The van der Waals surface area contributed by atoms with Crippen LogP contribution in [0.5, 0.6) is 0 Å². The van der Waals surface area contributed by atoms with E-state index < -0.39 is 33.0 Å². The predicted molar refractivity (Wildman–Crippen MR) is 114 cm³/mol. The smallest absolute Gasteiger partial charge is 0.404 e. The SMILES string of the molecule is Cc1cc2c(cc1F)cc(-c1ccc(S(=O)(=O)NC(C)C(F)(F)F)cn1)n2-c1ccc(C#N)o1. The van der Waals surface area contributed by atoms with E-state index in [4.69, 9.17) is 9.68 Å². The summed E-state index contributed by atoms with van der Waals surface area (Å²) in [6.07, 6.45) is -3.82. The van der Waals surface area contributed by atoms with Crippen molar-refractivity contribution in [1.82, 2.24) is 14.3 Å². The van der Waals surface area contributed by atoms with Gasteiger partial charge in [0.25, 0.3) is 0 Å². The van der Waals surface area contributed by atoms with Gasteiger partial charge in [-0.1, -0.05) is 0 Å². The van der Waals surface area contributed by atoms with E-state index in [2.05, 4.69) is 4.98 Å². The van der Waals surface area contributed by atoms with Gasteiger partial charge in [0.2, 0.25) is 21.7 Å². The number of hydrogen-bond donors (Lipinski definition) is 1. The van der Waals surface area contributed by atoms with Gasteiger partial charge < -0.3 is 4.42 Å². The molecule has 7 nitrogen and oxygen atoms in total. The first-order chi connectivity index (χ1) is 15.9. The van der Waals surface area contributed by atoms with Crippen molar-refractivity contribution in [2.24, 2.45) is 0 Å². The maximum Gasteiger partial charge on any atom is 0.404 e. The summed E-state index contributed by atoms with van der Waals surface area (Å²) in [4.78, 5) is 3.66. The summed E-state index contributed by atoms with van der Waals surface area (Å²) in [5, 5.41) is 9.59. The Balaban J connectivity index is 1.81. The molecule has 1 unspecified atom stereocenters. The van der Waals surface area contributed by atoms with Crippen LogP contribution in [0.2, 0.25) is 0 Å². The Morgan fingerprint density at radius 1 is 1.18 bits per heavy atom. The van der Waals surface area contributed by atoms with Crippen molar-refractivity contribution < 1.29 is 30.4 Å². The number of aromatic nitrogens is 2. The fraction of sp³-hybridized carbons (Fsp3) is 0.182. The largest absolute Gasteiger partial charge is 0.429 e. The van der Waals surface area contributed by atoms with Crippen LogP contribution in [0.4, 0.5) is 17.6 Å². The van der Waals surface area contributed by atoms with E-state index in [9.17, 15) is 26.0 Å². The second-order valence-corrected chi connectivity index (χ2v) is 9.25. The minimum Gasteiger partial charge on any atom is -0.429 e. The van der Waals surface area contributed by atoms with Gasteiger partial charge in [0.05, 0.1) is 16.9 Å². The van der Waals surface area contributed by atoms with Gasteiger partial charge in [-0.15, -0.1) is 0 Å². The van der Waals surface area contributed by atoms with Crippen LogP contribution in [0.15, 0.2) is 58.0 Å². The van der Waals surface area contributed by atoms with E-state index in [1.165, 1.54) is 18.2 Å². The van der Waals surface area contributed by atoms with Gasteiger partial charge in [0, 0.05) is 17.6 Å². The number of hydrogen-bond acceptors (Lipinski definition) is 5. The third-order valence-electron chi connectivity index (χ3n) is 5.14. The molecule has 34 heavy (non-hydrogen) atoms. The lowest BCUT2D eigenvalue weighted by atomic mass is 10.1. The number of nitrogens with zero attached hydrogens (tertiary/aromatic N) is 3. The zero-order chi connectivity index (χ0) is 24.8. The van der Waals surface area contributed by atoms with Crippen LogP contribution in [-0.4, -0.2) is 30.2 Å². The molecule has 3 heterocycles. The van der Waals surface area contributed by atoms with Gasteiger partial charge >= 0.3 is 6.18 Å². The van der Waals surface area contributed by atoms with Crippen LogP contribution >= 0.6 is 0 Å². The van der Waals surface area contributed by atoms with E-state index in [1.807, 2.05) is 6.07 Å². The molecule has 1 N–H and O–H groups in total. The van der Waals surface area contributed by atoms with Gasteiger partial charge in [0.1, 0.15) is 22.8 Å². The second-order valence-electron chi connectivity index (χ2n) is 7.54. The summed E-state index contributed by atoms with van der Waals surface area (Å²) < 4.78 is 85.9. The number of fused-ring (bicyclic) bond motifs is 1. The Kier molecular flexibility index (Phi) is 5.71. The monoisotopic (exact) mass is 492 g/mol. The van der Waals surface area contributed by atoms with E-state index in [-0.39, 0.29) is 17.3 Å². The highest BCUT2D eigenvalue weighted by Crippen LogP contribution is 2.33. The number of halogens is 4. The van der Waals surface area contributed by atoms with Crippen molar-refractivity contribution in [3.63, 3.8) is 0 Å². The third-order valence-corrected chi connectivity index (χ3v) is 6.66. The molecule has 0 aliphatic carbocycles. The number of sulfonamides is 1. The maximum absolute atomic E-state index is 14.2. The highest BCUT2D eigenvalue weighted by molar-refractivity contribution is 7.89. The number of nitriles is 1. The molecule has 0 aliphatic heterocycles. The first-order valence-electron chi connectivity index (χ1n) is 9.78. The molecule has 1 aromatic carbocycles. The molecular formula is C22H16F4N4O3S. The quantitative estimate of drug-likeness (QED) is 0.402. The summed E-state index contributed by atoms with van der Waals surface area (Å²) in [5.41, 5.74) is 1.54. The number of rotatable bonds is 5. The van der Waals surface area contributed by atoms with Crippen LogP contribution < -0.4 is 4.72 Å². The van der Waals surface area contributed by atoms with Crippen molar-refractivity contribution in [2.45, 2.75) is 31.0 Å². The zero-order valence-corrected chi connectivity index (χ0v) is 18.5. The molecule has 0 saturated carbocycles. The first-order valence-corrected chi connectivity index (χ1v) is 11.3. The summed E-state index contributed by atoms with van der Waals surface area (Å²) >= 11 is 0. The Morgan fingerprint density at radius 3 is 2.50 bits per heavy atom. The maximum atomic E-state index is 14.2. The number of furan rings is 1. The van der Waals surface area contributed by atoms with E-state index >= 15 is 0 Å². The van der Waals surface area contributed by atoms with Crippen molar-refractivity contribution >= 4 is 20.9 Å². The number of alkyl halides is 3. The molecule has 3 aromatic heterocycles.